The van der Waals surface area contributed by atoms with Crippen LogP contribution in [-0.2, 0) is 17.1 Å². The molecule has 0 amide bonds. The number of rotatable bonds is 2. The average Bonchev–Trinajstić information content (AvgIpc) is 2.54. The average molecular weight is 261 g/mol. The molecule has 1 aliphatic rings. The molecule has 0 aromatic carbocycles. The van der Waals surface area contributed by atoms with Crippen LogP contribution in [0, 0.1) is 12.9 Å². The van der Waals surface area contributed by atoms with Gasteiger partial charge in [0.05, 0.1) is 5.69 Å². The first-order chi connectivity index (χ1) is 7.94. The van der Waals surface area contributed by atoms with Crippen LogP contribution in [0.25, 0.3) is 0 Å². The monoisotopic (exact) mass is 261 g/mol. The van der Waals surface area contributed by atoms with E-state index in [1.54, 1.807) is 0 Å². The van der Waals surface area contributed by atoms with Gasteiger partial charge in [0, 0.05) is 20.1 Å². The first-order valence-corrected chi connectivity index (χ1v) is 7.08. The molecule has 1 aliphatic heterocycles. The second-order valence-corrected chi connectivity index (χ2v) is 6.17. The molecule has 0 aliphatic carbocycles. The third-order valence-corrected chi connectivity index (χ3v) is 5.04. The molecular formula is C10H16FN3O2S. The van der Waals surface area contributed by atoms with Crippen molar-refractivity contribution in [3.63, 3.8) is 0 Å². The Balaban J connectivity index is 2.43. The normalized spacial score (nSPS) is 18.5. The highest BCUT2D eigenvalue weighted by molar-refractivity contribution is 7.89. The van der Waals surface area contributed by atoms with Crippen LogP contribution in [-0.4, -0.2) is 35.6 Å². The largest absolute Gasteiger partial charge is 0.249 e. The van der Waals surface area contributed by atoms with Gasteiger partial charge in [0.15, 0.2) is 4.90 Å². The molecule has 0 radical (unpaired) electrons. The van der Waals surface area contributed by atoms with Crippen molar-refractivity contribution in [1.29, 1.82) is 0 Å². The molecule has 0 saturated carbocycles. The molecule has 2 heterocycles. The smallest absolute Gasteiger partial charge is 0.241 e. The number of hydrogen-bond acceptors (Lipinski definition) is 3. The van der Waals surface area contributed by atoms with E-state index in [0.29, 0.717) is 13.1 Å². The van der Waals surface area contributed by atoms with E-state index < -0.39 is 16.0 Å². The SMILES string of the molecule is Cc1nn(C)c(F)c1S(=O)(=O)N1CCCCC1. The first kappa shape index (κ1) is 12.5. The van der Waals surface area contributed by atoms with Crippen molar-refractivity contribution in [2.75, 3.05) is 13.1 Å². The van der Waals surface area contributed by atoms with Crippen LogP contribution in [0.1, 0.15) is 25.0 Å². The molecule has 0 bridgehead atoms. The van der Waals surface area contributed by atoms with Crippen molar-refractivity contribution in [3.05, 3.63) is 11.6 Å². The first-order valence-electron chi connectivity index (χ1n) is 5.64. The Bertz CT molecular complexity index is 518. The molecule has 2 rings (SSSR count). The van der Waals surface area contributed by atoms with E-state index in [1.165, 1.54) is 18.3 Å². The van der Waals surface area contributed by atoms with Gasteiger partial charge in [0.2, 0.25) is 16.0 Å². The predicted octanol–water partition coefficient (Wildman–Crippen LogP) is 1.04. The van der Waals surface area contributed by atoms with Crippen LogP contribution in [0.4, 0.5) is 4.39 Å². The van der Waals surface area contributed by atoms with Gasteiger partial charge in [-0.1, -0.05) is 6.42 Å². The quantitative estimate of drug-likeness (QED) is 0.799. The summed E-state index contributed by atoms with van der Waals surface area (Å²) in [5.74, 6) is -0.784. The standard InChI is InChI=1S/C10H16FN3O2S/c1-8-9(10(11)13(2)12-8)17(15,16)14-6-4-3-5-7-14/h3-7H2,1-2H3. The van der Waals surface area contributed by atoms with Gasteiger partial charge < -0.3 is 0 Å². The Hall–Kier alpha value is -0.950. The predicted molar refractivity (Wildman–Crippen MR) is 60.5 cm³/mol. The van der Waals surface area contributed by atoms with Gasteiger partial charge >= 0.3 is 0 Å². The van der Waals surface area contributed by atoms with E-state index in [1.807, 2.05) is 0 Å². The number of aromatic nitrogens is 2. The van der Waals surface area contributed by atoms with Crippen molar-refractivity contribution in [1.82, 2.24) is 14.1 Å². The molecule has 17 heavy (non-hydrogen) atoms. The minimum absolute atomic E-state index is 0.218. The minimum Gasteiger partial charge on any atom is -0.241 e. The van der Waals surface area contributed by atoms with E-state index in [4.69, 9.17) is 0 Å². The fraction of sp³-hybridized carbons (Fsp3) is 0.700. The molecule has 0 atom stereocenters. The van der Waals surface area contributed by atoms with Crippen molar-refractivity contribution in [3.8, 4) is 0 Å². The third kappa shape index (κ3) is 2.09. The van der Waals surface area contributed by atoms with Crippen molar-refractivity contribution >= 4 is 10.0 Å². The molecule has 7 heteroatoms. The summed E-state index contributed by atoms with van der Waals surface area (Å²) >= 11 is 0. The highest BCUT2D eigenvalue weighted by Gasteiger charge is 2.32. The van der Waals surface area contributed by atoms with E-state index in [9.17, 15) is 12.8 Å². The minimum atomic E-state index is -3.73. The molecule has 5 nitrogen and oxygen atoms in total. The molecule has 1 saturated heterocycles. The molecule has 1 aromatic heterocycles. The van der Waals surface area contributed by atoms with Crippen LogP contribution >= 0.6 is 0 Å². The molecule has 1 fully saturated rings. The van der Waals surface area contributed by atoms with Gasteiger partial charge in [0.1, 0.15) is 0 Å². The number of aryl methyl sites for hydroxylation is 2. The summed E-state index contributed by atoms with van der Waals surface area (Å²) in [6.45, 7) is 2.45. The van der Waals surface area contributed by atoms with Gasteiger partial charge in [-0.25, -0.2) is 13.1 Å². The second kappa shape index (κ2) is 4.38. The van der Waals surface area contributed by atoms with Crippen molar-refractivity contribution in [2.24, 2.45) is 7.05 Å². The molecule has 0 N–H and O–H groups in total. The summed E-state index contributed by atoms with van der Waals surface area (Å²) in [7, 11) is -2.33. The van der Waals surface area contributed by atoms with Gasteiger partial charge in [-0.2, -0.15) is 13.8 Å². The van der Waals surface area contributed by atoms with Crippen LogP contribution < -0.4 is 0 Å². The molecular weight excluding hydrogens is 245 g/mol. The lowest BCUT2D eigenvalue weighted by Gasteiger charge is -2.25. The maximum absolute atomic E-state index is 13.8. The fourth-order valence-electron chi connectivity index (χ4n) is 2.14. The highest BCUT2D eigenvalue weighted by Crippen LogP contribution is 2.24. The Kier molecular flexibility index (Phi) is 3.22. The lowest BCUT2D eigenvalue weighted by Crippen LogP contribution is -2.36. The summed E-state index contributed by atoms with van der Waals surface area (Å²) in [6.07, 6.45) is 2.70. The number of hydrogen-bond donors (Lipinski definition) is 0. The van der Waals surface area contributed by atoms with Crippen LogP contribution in [0.5, 0.6) is 0 Å². The molecule has 1 aromatic rings. The summed E-state index contributed by atoms with van der Waals surface area (Å²) in [6, 6.07) is 0. The Morgan fingerprint density at radius 1 is 1.24 bits per heavy atom. The number of nitrogens with zero attached hydrogens (tertiary/aromatic N) is 3. The summed E-state index contributed by atoms with van der Waals surface area (Å²) in [4.78, 5) is -0.276. The number of halogens is 1. The van der Waals surface area contributed by atoms with Gasteiger partial charge in [-0.15, -0.1) is 0 Å². The molecule has 0 unspecified atom stereocenters. The van der Waals surface area contributed by atoms with E-state index in [0.717, 1.165) is 23.9 Å². The number of sulfonamides is 1. The maximum Gasteiger partial charge on any atom is 0.249 e. The van der Waals surface area contributed by atoms with E-state index in [-0.39, 0.29) is 10.6 Å². The van der Waals surface area contributed by atoms with Crippen molar-refractivity contribution in [2.45, 2.75) is 31.1 Å². The second-order valence-electron chi connectivity index (χ2n) is 4.29. The topological polar surface area (TPSA) is 55.2 Å². The van der Waals surface area contributed by atoms with Gasteiger partial charge in [-0.3, -0.25) is 0 Å². The fourth-order valence-corrected chi connectivity index (χ4v) is 3.89. The highest BCUT2D eigenvalue weighted by atomic mass is 32.2. The lowest BCUT2D eigenvalue weighted by molar-refractivity contribution is 0.344. The van der Waals surface area contributed by atoms with E-state index in [2.05, 4.69) is 5.10 Å². The van der Waals surface area contributed by atoms with Crippen molar-refractivity contribution < 1.29 is 12.8 Å². The van der Waals surface area contributed by atoms with Crippen LogP contribution in [0.15, 0.2) is 4.90 Å². The zero-order valence-electron chi connectivity index (χ0n) is 9.98. The summed E-state index contributed by atoms with van der Waals surface area (Å²) < 4.78 is 40.6. The van der Waals surface area contributed by atoms with Crippen LogP contribution in [0.3, 0.4) is 0 Å². The summed E-state index contributed by atoms with van der Waals surface area (Å²) in [5, 5.41) is 3.81. The van der Waals surface area contributed by atoms with Gasteiger partial charge in [-0.05, 0) is 19.8 Å². The Morgan fingerprint density at radius 2 is 1.82 bits per heavy atom. The van der Waals surface area contributed by atoms with Crippen LogP contribution in [0.2, 0.25) is 0 Å². The van der Waals surface area contributed by atoms with E-state index >= 15 is 0 Å². The third-order valence-electron chi connectivity index (χ3n) is 3.01. The zero-order chi connectivity index (χ0) is 12.6. The summed E-state index contributed by atoms with van der Waals surface area (Å²) in [5.41, 5.74) is 0.218. The molecule has 0 spiro atoms. The Labute approximate surface area is 100 Å². The lowest BCUT2D eigenvalue weighted by atomic mass is 10.2. The molecule has 96 valence electrons. The zero-order valence-corrected chi connectivity index (χ0v) is 10.8. The number of piperidine rings is 1. The van der Waals surface area contributed by atoms with Gasteiger partial charge in [0.25, 0.3) is 0 Å². The Morgan fingerprint density at radius 3 is 2.29 bits per heavy atom. The maximum atomic E-state index is 13.8.